The van der Waals surface area contributed by atoms with Gasteiger partial charge in [-0.2, -0.15) is 15.0 Å². The molecule has 8 nitrogen and oxygen atoms in total. The van der Waals surface area contributed by atoms with Gasteiger partial charge in [-0.05, 0) is 37.6 Å². The van der Waals surface area contributed by atoms with Gasteiger partial charge < -0.3 is 9.64 Å². The minimum absolute atomic E-state index is 0.00877. The first-order chi connectivity index (χ1) is 18.2. The molecule has 0 unspecified atom stereocenters. The molecule has 3 heterocycles. The van der Waals surface area contributed by atoms with Gasteiger partial charge in [0.2, 0.25) is 0 Å². The first-order valence-electron chi connectivity index (χ1n) is 11.6. The number of hydrogen-bond donors (Lipinski definition) is 0. The van der Waals surface area contributed by atoms with E-state index in [4.69, 9.17) is 4.74 Å². The van der Waals surface area contributed by atoms with Gasteiger partial charge in [0.05, 0.1) is 30.4 Å². The number of ether oxygens (including phenoxy) is 1. The van der Waals surface area contributed by atoms with E-state index in [1.807, 2.05) is 11.8 Å². The average Bonchev–Trinajstić information content (AvgIpc) is 3.46. The Bertz CT molecular complexity index is 1590. The van der Waals surface area contributed by atoms with Crippen LogP contribution in [0.2, 0.25) is 0 Å². The lowest BCUT2D eigenvalue weighted by Gasteiger charge is -2.22. The SMILES string of the molecule is C[C@H]1C[C@@H](C#N)CN1c1cc(Oc2ccc(-n3ncn(Cc4c(F)cccc4F)c3=O)cc2F)c(F)cn1. The standard InChI is InChI=1S/C26H20F4N6O2/c1-15-7-16(10-31)12-35(15)25-9-24(22(30)11-32-25)38-23-6-5-17(8-21(23)29)36-26(37)34(14-33-36)13-18-19(27)3-2-4-20(18)28/h2-6,8-9,11,14-16H,7,12-13H2,1H3/t15-,16-/m0/s1. The second kappa shape index (κ2) is 10.0. The Morgan fingerprint density at radius 2 is 1.82 bits per heavy atom. The molecule has 0 saturated carbocycles. The summed E-state index contributed by atoms with van der Waals surface area (Å²) in [5.41, 5.74) is -1.04. The van der Waals surface area contributed by atoms with Gasteiger partial charge in [0.15, 0.2) is 23.1 Å². The molecule has 1 aliphatic rings. The van der Waals surface area contributed by atoms with E-state index in [-0.39, 0.29) is 34.7 Å². The predicted octanol–water partition coefficient (Wildman–Crippen LogP) is 4.56. The smallest absolute Gasteiger partial charge is 0.350 e. The topological polar surface area (TPSA) is 89.0 Å². The molecule has 5 rings (SSSR count). The molecular weight excluding hydrogens is 504 g/mol. The van der Waals surface area contributed by atoms with Crippen molar-refractivity contribution in [2.24, 2.45) is 5.92 Å². The van der Waals surface area contributed by atoms with Gasteiger partial charge in [-0.25, -0.2) is 27.3 Å². The zero-order valence-electron chi connectivity index (χ0n) is 20.0. The Labute approximate surface area is 213 Å². The summed E-state index contributed by atoms with van der Waals surface area (Å²) in [5.74, 6) is -3.69. The fourth-order valence-electron chi connectivity index (χ4n) is 4.39. The van der Waals surface area contributed by atoms with E-state index in [9.17, 15) is 27.6 Å². The maximum absolute atomic E-state index is 14.9. The van der Waals surface area contributed by atoms with E-state index in [2.05, 4.69) is 16.2 Å². The molecule has 0 N–H and O–H groups in total. The van der Waals surface area contributed by atoms with Crippen LogP contribution in [-0.4, -0.2) is 31.9 Å². The summed E-state index contributed by atoms with van der Waals surface area (Å²) in [5, 5.41) is 13.1. The van der Waals surface area contributed by atoms with Gasteiger partial charge in [0, 0.05) is 30.3 Å². The molecule has 0 spiro atoms. The third-order valence-electron chi connectivity index (χ3n) is 6.36. The Balaban J connectivity index is 1.38. The predicted molar refractivity (Wildman–Crippen MR) is 128 cm³/mol. The second-order valence-electron chi connectivity index (χ2n) is 8.91. The van der Waals surface area contributed by atoms with Gasteiger partial charge in [0.1, 0.15) is 23.8 Å². The molecule has 2 aromatic carbocycles. The molecule has 0 radical (unpaired) electrons. The molecular formula is C26H20F4N6O2. The number of benzene rings is 2. The molecule has 4 aromatic rings. The molecule has 2 atom stereocenters. The van der Waals surface area contributed by atoms with Gasteiger partial charge in [-0.1, -0.05) is 6.07 Å². The molecule has 1 saturated heterocycles. The van der Waals surface area contributed by atoms with Crippen molar-refractivity contribution in [2.45, 2.75) is 25.9 Å². The summed E-state index contributed by atoms with van der Waals surface area (Å²) in [6.07, 6.45) is 2.70. The lowest BCUT2D eigenvalue weighted by Crippen LogP contribution is -2.27. The minimum Gasteiger partial charge on any atom is -0.451 e. The van der Waals surface area contributed by atoms with E-state index in [0.717, 1.165) is 40.0 Å². The molecule has 0 amide bonds. The largest absolute Gasteiger partial charge is 0.451 e. The Kier molecular flexibility index (Phi) is 6.59. The number of aromatic nitrogens is 4. The summed E-state index contributed by atoms with van der Waals surface area (Å²) in [6.45, 7) is 1.95. The number of pyridine rings is 1. The molecule has 2 aromatic heterocycles. The van der Waals surface area contributed by atoms with Gasteiger partial charge >= 0.3 is 5.69 Å². The minimum atomic E-state index is -0.902. The summed E-state index contributed by atoms with van der Waals surface area (Å²) < 4.78 is 64.7. The van der Waals surface area contributed by atoms with E-state index in [0.29, 0.717) is 18.8 Å². The lowest BCUT2D eigenvalue weighted by atomic mass is 10.1. The highest BCUT2D eigenvalue weighted by Crippen LogP contribution is 2.33. The maximum Gasteiger partial charge on any atom is 0.350 e. The normalized spacial score (nSPS) is 17.0. The highest BCUT2D eigenvalue weighted by Gasteiger charge is 2.30. The van der Waals surface area contributed by atoms with Crippen molar-refractivity contribution < 1.29 is 22.3 Å². The van der Waals surface area contributed by atoms with Crippen molar-refractivity contribution >= 4 is 5.82 Å². The maximum atomic E-state index is 14.9. The molecule has 1 fully saturated rings. The van der Waals surface area contributed by atoms with Crippen molar-refractivity contribution in [2.75, 3.05) is 11.4 Å². The van der Waals surface area contributed by atoms with Crippen molar-refractivity contribution in [3.8, 4) is 23.3 Å². The van der Waals surface area contributed by atoms with Gasteiger partial charge in [-0.15, -0.1) is 0 Å². The first-order valence-corrected chi connectivity index (χ1v) is 11.6. The van der Waals surface area contributed by atoms with Crippen LogP contribution in [0.15, 0.2) is 59.8 Å². The van der Waals surface area contributed by atoms with Crippen LogP contribution in [0.5, 0.6) is 11.5 Å². The van der Waals surface area contributed by atoms with Crippen LogP contribution in [0, 0.1) is 40.5 Å². The summed E-state index contributed by atoms with van der Waals surface area (Å²) >= 11 is 0. The number of anilines is 1. The van der Waals surface area contributed by atoms with Crippen molar-refractivity contribution in [1.82, 2.24) is 19.3 Å². The van der Waals surface area contributed by atoms with Crippen LogP contribution >= 0.6 is 0 Å². The zero-order chi connectivity index (χ0) is 27.0. The van der Waals surface area contributed by atoms with Crippen molar-refractivity contribution in [3.05, 3.63) is 94.3 Å². The van der Waals surface area contributed by atoms with E-state index in [1.54, 1.807) is 0 Å². The number of nitrogens with zero attached hydrogens (tertiary/aromatic N) is 6. The van der Waals surface area contributed by atoms with Crippen LogP contribution in [-0.2, 0) is 6.54 Å². The number of rotatable bonds is 6. The van der Waals surface area contributed by atoms with Gasteiger partial charge in [-0.3, -0.25) is 4.57 Å². The molecule has 0 bridgehead atoms. The van der Waals surface area contributed by atoms with E-state index >= 15 is 0 Å². The van der Waals surface area contributed by atoms with Crippen LogP contribution in [0.1, 0.15) is 18.9 Å². The number of hydrogen-bond acceptors (Lipinski definition) is 6. The summed E-state index contributed by atoms with van der Waals surface area (Å²) in [6, 6.07) is 10.4. The molecule has 1 aliphatic heterocycles. The second-order valence-corrected chi connectivity index (χ2v) is 8.91. The fourth-order valence-corrected chi connectivity index (χ4v) is 4.39. The quantitative estimate of drug-likeness (QED) is 0.344. The highest BCUT2D eigenvalue weighted by molar-refractivity contribution is 5.48. The Hall–Kier alpha value is -4.66. The van der Waals surface area contributed by atoms with E-state index < -0.39 is 35.5 Å². The van der Waals surface area contributed by atoms with Crippen LogP contribution in [0.4, 0.5) is 23.4 Å². The fraction of sp³-hybridized carbons (Fsp3) is 0.231. The Morgan fingerprint density at radius 3 is 2.50 bits per heavy atom. The third kappa shape index (κ3) is 4.70. The molecule has 12 heteroatoms. The average molecular weight is 524 g/mol. The summed E-state index contributed by atoms with van der Waals surface area (Å²) in [4.78, 5) is 18.7. The van der Waals surface area contributed by atoms with Crippen LogP contribution < -0.4 is 15.3 Å². The van der Waals surface area contributed by atoms with Crippen molar-refractivity contribution in [1.29, 1.82) is 5.26 Å². The number of nitriles is 1. The Morgan fingerprint density at radius 1 is 1.05 bits per heavy atom. The highest BCUT2D eigenvalue weighted by atomic mass is 19.1. The zero-order valence-corrected chi connectivity index (χ0v) is 20.0. The van der Waals surface area contributed by atoms with Gasteiger partial charge in [0.25, 0.3) is 0 Å². The van der Waals surface area contributed by atoms with E-state index in [1.165, 1.54) is 24.3 Å². The molecule has 38 heavy (non-hydrogen) atoms. The van der Waals surface area contributed by atoms with Crippen LogP contribution in [0.25, 0.3) is 5.69 Å². The monoisotopic (exact) mass is 524 g/mol. The number of halogens is 4. The van der Waals surface area contributed by atoms with Crippen molar-refractivity contribution in [3.63, 3.8) is 0 Å². The third-order valence-corrected chi connectivity index (χ3v) is 6.36. The van der Waals surface area contributed by atoms with Crippen LogP contribution in [0.3, 0.4) is 0 Å². The molecule has 194 valence electrons. The summed E-state index contributed by atoms with van der Waals surface area (Å²) in [7, 11) is 0. The first kappa shape index (κ1) is 25.0. The lowest BCUT2D eigenvalue weighted by molar-refractivity contribution is 0.413. The molecule has 0 aliphatic carbocycles.